The monoisotopic (exact) mass is 285 g/mol. The summed E-state index contributed by atoms with van der Waals surface area (Å²) in [6, 6.07) is 8.71. The summed E-state index contributed by atoms with van der Waals surface area (Å²) >= 11 is 0. The second kappa shape index (κ2) is 6.00. The maximum Gasteiger partial charge on any atom is 0.287 e. The van der Waals surface area contributed by atoms with E-state index in [1.54, 1.807) is 0 Å². The van der Waals surface area contributed by atoms with E-state index >= 15 is 0 Å². The van der Waals surface area contributed by atoms with E-state index in [2.05, 4.69) is 21.4 Å². The van der Waals surface area contributed by atoms with E-state index in [0.29, 0.717) is 5.82 Å². The standard InChI is InChI=1S/C14H15N5O2/c1-9-5-10(2)7-11(6-9)17-14(15)18-13-4-3-12(8-16-13)19(20)21/h3-8H,1-2H3,(H3,15,16,17,18). The average molecular weight is 285 g/mol. The lowest BCUT2D eigenvalue weighted by atomic mass is 10.1. The molecule has 7 nitrogen and oxygen atoms in total. The van der Waals surface area contributed by atoms with Gasteiger partial charge in [-0.1, -0.05) is 6.07 Å². The molecule has 108 valence electrons. The zero-order valence-corrected chi connectivity index (χ0v) is 11.7. The zero-order valence-electron chi connectivity index (χ0n) is 11.7. The van der Waals surface area contributed by atoms with Crippen LogP contribution in [-0.2, 0) is 0 Å². The fraction of sp³-hybridized carbons (Fsp3) is 0.143. The molecule has 0 radical (unpaired) electrons. The van der Waals surface area contributed by atoms with Gasteiger partial charge in [0.1, 0.15) is 6.20 Å². The van der Waals surface area contributed by atoms with Crippen LogP contribution in [0.5, 0.6) is 0 Å². The summed E-state index contributed by atoms with van der Waals surface area (Å²) in [7, 11) is 0. The fourth-order valence-corrected chi connectivity index (χ4v) is 1.90. The van der Waals surface area contributed by atoms with Gasteiger partial charge in [0.25, 0.3) is 5.69 Å². The first-order valence-electron chi connectivity index (χ1n) is 6.24. The third-order valence-corrected chi connectivity index (χ3v) is 2.67. The molecule has 1 aromatic carbocycles. The molecule has 0 atom stereocenters. The molecule has 0 saturated carbocycles. The van der Waals surface area contributed by atoms with Gasteiger partial charge < -0.3 is 11.1 Å². The Morgan fingerprint density at radius 2 is 1.95 bits per heavy atom. The van der Waals surface area contributed by atoms with E-state index in [1.807, 2.05) is 26.0 Å². The van der Waals surface area contributed by atoms with Gasteiger partial charge in [0, 0.05) is 11.8 Å². The molecule has 2 rings (SSSR count). The van der Waals surface area contributed by atoms with Crippen molar-refractivity contribution in [3.05, 3.63) is 57.8 Å². The lowest BCUT2D eigenvalue weighted by Crippen LogP contribution is -2.22. The summed E-state index contributed by atoms with van der Waals surface area (Å²) in [5.74, 6) is 0.469. The van der Waals surface area contributed by atoms with Gasteiger partial charge in [0.15, 0.2) is 11.8 Å². The first kappa shape index (κ1) is 14.4. The maximum atomic E-state index is 10.5. The molecule has 0 amide bonds. The predicted octanol–water partition coefficient (Wildman–Crippen LogP) is 2.66. The number of aliphatic imine (C=N–C) groups is 1. The largest absolute Gasteiger partial charge is 0.369 e. The third-order valence-electron chi connectivity index (χ3n) is 2.67. The summed E-state index contributed by atoms with van der Waals surface area (Å²) in [6.07, 6.45) is 1.14. The number of benzene rings is 1. The van der Waals surface area contributed by atoms with Gasteiger partial charge in [-0.2, -0.15) is 4.99 Å². The van der Waals surface area contributed by atoms with Crippen LogP contribution in [0.1, 0.15) is 11.1 Å². The minimum Gasteiger partial charge on any atom is -0.369 e. The van der Waals surface area contributed by atoms with Crippen molar-refractivity contribution >= 4 is 23.2 Å². The Balaban J connectivity index is 2.15. The number of hydrogen-bond acceptors (Lipinski definition) is 4. The van der Waals surface area contributed by atoms with E-state index in [0.717, 1.165) is 23.0 Å². The molecule has 0 saturated heterocycles. The number of hydrogen-bond donors (Lipinski definition) is 2. The highest BCUT2D eigenvalue weighted by molar-refractivity contribution is 5.93. The van der Waals surface area contributed by atoms with Gasteiger partial charge in [-0.05, 0) is 43.2 Å². The van der Waals surface area contributed by atoms with Gasteiger partial charge in [-0.25, -0.2) is 4.98 Å². The molecule has 21 heavy (non-hydrogen) atoms. The SMILES string of the molecule is Cc1cc(C)cc(NC(N)=Nc2ccc([N+](=O)[O-])cn2)c1. The molecule has 1 heterocycles. The number of anilines is 1. The fourth-order valence-electron chi connectivity index (χ4n) is 1.90. The number of nitro groups is 1. The summed E-state index contributed by atoms with van der Waals surface area (Å²) < 4.78 is 0. The molecular weight excluding hydrogens is 270 g/mol. The van der Waals surface area contributed by atoms with Gasteiger partial charge in [0.2, 0.25) is 0 Å². The zero-order chi connectivity index (χ0) is 15.4. The number of guanidine groups is 1. The van der Waals surface area contributed by atoms with Crippen LogP contribution in [0.2, 0.25) is 0 Å². The van der Waals surface area contributed by atoms with Crippen molar-refractivity contribution in [2.45, 2.75) is 13.8 Å². The topological polar surface area (TPSA) is 106 Å². The molecule has 7 heteroatoms. The third kappa shape index (κ3) is 4.00. The summed E-state index contributed by atoms with van der Waals surface area (Å²) in [5, 5.41) is 13.5. The van der Waals surface area contributed by atoms with E-state index in [9.17, 15) is 10.1 Å². The first-order valence-corrected chi connectivity index (χ1v) is 6.24. The molecule has 0 bridgehead atoms. The van der Waals surface area contributed by atoms with Crippen LogP contribution in [0.3, 0.4) is 0 Å². The Morgan fingerprint density at radius 1 is 1.29 bits per heavy atom. The Labute approximate surface area is 121 Å². The van der Waals surface area contributed by atoms with Crippen molar-refractivity contribution in [1.82, 2.24) is 4.98 Å². The highest BCUT2D eigenvalue weighted by Crippen LogP contribution is 2.16. The van der Waals surface area contributed by atoms with Gasteiger partial charge in [-0.15, -0.1) is 0 Å². The van der Waals surface area contributed by atoms with Crippen molar-refractivity contribution < 1.29 is 4.92 Å². The van der Waals surface area contributed by atoms with Crippen molar-refractivity contribution in [3.8, 4) is 0 Å². The van der Waals surface area contributed by atoms with Crippen LogP contribution < -0.4 is 11.1 Å². The molecule has 0 aliphatic rings. The van der Waals surface area contributed by atoms with Crippen molar-refractivity contribution in [3.63, 3.8) is 0 Å². The maximum absolute atomic E-state index is 10.5. The molecule has 0 fully saturated rings. The molecule has 3 N–H and O–H groups in total. The Morgan fingerprint density at radius 3 is 2.48 bits per heavy atom. The quantitative estimate of drug-likeness (QED) is 0.390. The van der Waals surface area contributed by atoms with E-state index < -0.39 is 4.92 Å². The molecule has 0 aliphatic carbocycles. The lowest BCUT2D eigenvalue weighted by Gasteiger charge is -2.07. The molecule has 2 aromatic rings. The molecule has 1 aromatic heterocycles. The van der Waals surface area contributed by atoms with Crippen LogP contribution >= 0.6 is 0 Å². The van der Waals surface area contributed by atoms with Crippen molar-refractivity contribution in [2.75, 3.05) is 5.32 Å². The molecule has 0 unspecified atom stereocenters. The van der Waals surface area contributed by atoms with Crippen LogP contribution in [0.4, 0.5) is 17.2 Å². The highest BCUT2D eigenvalue weighted by atomic mass is 16.6. The van der Waals surface area contributed by atoms with E-state index in [4.69, 9.17) is 5.73 Å². The number of nitrogens with zero attached hydrogens (tertiary/aromatic N) is 3. The number of aromatic nitrogens is 1. The summed E-state index contributed by atoms with van der Waals surface area (Å²) in [5.41, 5.74) is 8.76. The van der Waals surface area contributed by atoms with Gasteiger partial charge in [-0.3, -0.25) is 10.1 Å². The molecule has 0 aliphatic heterocycles. The van der Waals surface area contributed by atoms with Crippen molar-refractivity contribution in [1.29, 1.82) is 0 Å². The van der Waals surface area contributed by atoms with E-state index in [-0.39, 0.29) is 11.6 Å². The smallest absolute Gasteiger partial charge is 0.287 e. The Hall–Kier alpha value is -2.96. The average Bonchev–Trinajstić information content (AvgIpc) is 2.37. The second-order valence-corrected chi connectivity index (χ2v) is 4.63. The number of nitrogens with one attached hydrogen (secondary N) is 1. The highest BCUT2D eigenvalue weighted by Gasteiger charge is 2.05. The first-order chi connectivity index (χ1) is 9.94. The minimum absolute atomic E-state index is 0.0882. The normalized spacial score (nSPS) is 11.2. The van der Waals surface area contributed by atoms with Crippen LogP contribution in [-0.4, -0.2) is 15.9 Å². The van der Waals surface area contributed by atoms with E-state index in [1.165, 1.54) is 12.1 Å². The van der Waals surface area contributed by atoms with Gasteiger partial charge >= 0.3 is 0 Å². The Kier molecular flexibility index (Phi) is 4.13. The lowest BCUT2D eigenvalue weighted by molar-refractivity contribution is -0.385. The van der Waals surface area contributed by atoms with Gasteiger partial charge in [0.05, 0.1) is 4.92 Å². The number of pyridine rings is 1. The van der Waals surface area contributed by atoms with Crippen LogP contribution in [0.15, 0.2) is 41.5 Å². The minimum atomic E-state index is -0.516. The second-order valence-electron chi connectivity index (χ2n) is 4.63. The Bertz CT molecular complexity index is 675. The number of rotatable bonds is 3. The van der Waals surface area contributed by atoms with Crippen LogP contribution in [0, 0.1) is 24.0 Å². The molecular formula is C14H15N5O2. The van der Waals surface area contributed by atoms with Crippen LogP contribution in [0.25, 0.3) is 0 Å². The summed E-state index contributed by atoms with van der Waals surface area (Å²) in [4.78, 5) is 17.9. The molecule has 0 spiro atoms. The summed E-state index contributed by atoms with van der Waals surface area (Å²) in [6.45, 7) is 3.98. The van der Waals surface area contributed by atoms with Crippen molar-refractivity contribution in [2.24, 2.45) is 10.7 Å². The predicted molar refractivity (Wildman–Crippen MR) is 81.7 cm³/mol. The number of nitrogens with two attached hydrogens (primary N) is 1. The number of aryl methyl sites for hydroxylation is 2.